The maximum absolute atomic E-state index is 5.28. The molecule has 3 atom stereocenters. The Balaban J connectivity index is 1.94. The van der Waals surface area contributed by atoms with E-state index in [0.29, 0.717) is 18.0 Å². The van der Waals surface area contributed by atoms with Crippen LogP contribution < -0.4 is 5.32 Å². The highest BCUT2D eigenvalue weighted by molar-refractivity contribution is 5.79. The largest absolute Gasteiger partial charge is 0.484 e. The van der Waals surface area contributed by atoms with Crippen molar-refractivity contribution in [3.8, 4) is 0 Å². The van der Waals surface area contributed by atoms with Crippen LogP contribution in [0, 0.1) is 5.92 Å². The van der Waals surface area contributed by atoms with Crippen molar-refractivity contribution in [1.29, 1.82) is 0 Å². The third-order valence-electron chi connectivity index (χ3n) is 3.63. The van der Waals surface area contributed by atoms with Gasteiger partial charge in [-0.1, -0.05) is 6.92 Å². The quantitative estimate of drug-likeness (QED) is 0.715. The Labute approximate surface area is 98.1 Å². The monoisotopic (exact) mass is 225 g/mol. The molecule has 0 aliphatic carbocycles. The third-order valence-corrected chi connectivity index (χ3v) is 3.63. The summed E-state index contributed by atoms with van der Waals surface area (Å²) in [5.41, 5.74) is 0. The molecule has 16 heavy (non-hydrogen) atoms. The number of nitrogens with one attached hydrogen (secondary N) is 1. The summed E-state index contributed by atoms with van der Waals surface area (Å²) in [7, 11) is 1.72. The van der Waals surface area contributed by atoms with Gasteiger partial charge in [-0.2, -0.15) is 0 Å². The lowest BCUT2D eigenvalue weighted by Gasteiger charge is -2.39. The second kappa shape index (κ2) is 5.15. The van der Waals surface area contributed by atoms with Crippen LogP contribution in [0.4, 0.5) is 0 Å². The second-order valence-corrected chi connectivity index (χ2v) is 5.02. The van der Waals surface area contributed by atoms with Crippen LogP contribution in [0.25, 0.3) is 0 Å². The van der Waals surface area contributed by atoms with E-state index >= 15 is 0 Å². The minimum atomic E-state index is 0.467. The zero-order chi connectivity index (χ0) is 11.5. The maximum Gasteiger partial charge on any atom is 0.185 e. The fourth-order valence-corrected chi connectivity index (χ4v) is 2.76. The van der Waals surface area contributed by atoms with Crippen molar-refractivity contribution < 1.29 is 4.74 Å². The van der Waals surface area contributed by atoms with Crippen LogP contribution in [-0.2, 0) is 4.74 Å². The van der Waals surface area contributed by atoms with Crippen molar-refractivity contribution in [1.82, 2.24) is 10.2 Å². The van der Waals surface area contributed by atoms with Crippen molar-refractivity contribution >= 4 is 5.90 Å². The topological polar surface area (TPSA) is 36.9 Å². The zero-order valence-corrected chi connectivity index (χ0v) is 10.6. The van der Waals surface area contributed by atoms with E-state index in [0.717, 1.165) is 32.1 Å². The molecule has 92 valence electrons. The van der Waals surface area contributed by atoms with Crippen LogP contribution in [0.2, 0.25) is 0 Å². The summed E-state index contributed by atoms with van der Waals surface area (Å²) in [5.74, 6) is 1.40. The van der Waals surface area contributed by atoms with Gasteiger partial charge in [0.1, 0.15) is 0 Å². The number of ether oxygens (including phenoxy) is 1. The second-order valence-electron chi connectivity index (χ2n) is 5.02. The van der Waals surface area contributed by atoms with Gasteiger partial charge in [-0.05, 0) is 13.3 Å². The average molecular weight is 225 g/mol. The summed E-state index contributed by atoms with van der Waals surface area (Å²) >= 11 is 0. The molecule has 0 spiro atoms. The maximum atomic E-state index is 5.28. The van der Waals surface area contributed by atoms with Crippen LogP contribution in [0.15, 0.2) is 4.99 Å². The average Bonchev–Trinajstić information content (AvgIpc) is 2.29. The molecule has 0 radical (unpaired) electrons. The number of hydrogen-bond acceptors (Lipinski definition) is 4. The molecule has 2 aliphatic rings. The Kier molecular flexibility index (Phi) is 3.82. The van der Waals surface area contributed by atoms with Gasteiger partial charge >= 0.3 is 0 Å². The Morgan fingerprint density at radius 2 is 2.25 bits per heavy atom. The molecule has 0 aromatic rings. The molecule has 0 saturated carbocycles. The fraction of sp³-hybridized carbons (Fsp3) is 0.917. The number of aliphatic imine (C=N–C) groups is 1. The van der Waals surface area contributed by atoms with E-state index in [4.69, 9.17) is 4.74 Å². The Hall–Kier alpha value is -0.610. The highest BCUT2D eigenvalue weighted by atomic mass is 16.5. The lowest BCUT2D eigenvalue weighted by Crippen LogP contribution is -2.54. The Morgan fingerprint density at radius 1 is 1.44 bits per heavy atom. The van der Waals surface area contributed by atoms with Crippen LogP contribution in [0.5, 0.6) is 0 Å². The molecule has 2 heterocycles. The van der Waals surface area contributed by atoms with E-state index in [2.05, 4.69) is 29.1 Å². The van der Waals surface area contributed by atoms with E-state index < -0.39 is 0 Å². The Morgan fingerprint density at radius 3 is 2.88 bits per heavy atom. The van der Waals surface area contributed by atoms with Crippen LogP contribution in [0.3, 0.4) is 0 Å². The molecule has 2 aliphatic heterocycles. The van der Waals surface area contributed by atoms with Crippen LogP contribution >= 0.6 is 0 Å². The molecule has 0 aromatic heterocycles. The Bertz CT molecular complexity index is 267. The minimum absolute atomic E-state index is 0.467. The standard InChI is InChI=1S/C12H23N3O/c1-9-6-11(7-14-12(9)16-3)15-5-4-13-10(2)8-15/h9-11,13H,4-8H2,1-3H3/t9?,10-,11?/m1/s1. The number of nitrogens with zero attached hydrogens (tertiary/aromatic N) is 2. The highest BCUT2D eigenvalue weighted by Crippen LogP contribution is 2.20. The fourth-order valence-electron chi connectivity index (χ4n) is 2.76. The molecular weight excluding hydrogens is 202 g/mol. The van der Waals surface area contributed by atoms with Gasteiger partial charge in [0.15, 0.2) is 5.90 Å². The van der Waals surface area contributed by atoms with E-state index in [1.54, 1.807) is 7.11 Å². The van der Waals surface area contributed by atoms with E-state index in [1.165, 1.54) is 6.42 Å². The summed E-state index contributed by atoms with van der Waals surface area (Å²) in [4.78, 5) is 7.12. The van der Waals surface area contributed by atoms with Gasteiger partial charge < -0.3 is 10.1 Å². The van der Waals surface area contributed by atoms with Gasteiger partial charge in [0.25, 0.3) is 0 Å². The molecule has 1 saturated heterocycles. The lowest BCUT2D eigenvalue weighted by atomic mass is 9.96. The zero-order valence-electron chi connectivity index (χ0n) is 10.6. The van der Waals surface area contributed by atoms with E-state index in [1.807, 2.05) is 0 Å². The normalized spacial score (nSPS) is 36.9. The number of hydrogen-bond donors (Lipinski definition) is 1. The summed E-state index contributed by atoms with van der Waals surface area (Å²) in [5, 5.41) is 3.48. The summed E-state index contributed by atoms with van der Waals surface area (Å²) in [6.07, 6.45) is 1.18. The number of piperazine rings is 1. The SMILES string of the molecule is COC1=NCC(N2CCN[C@H](C)C2)CC1C. The first-order valence-electron chi connectivity index (χ1n) is 6.26. The van der Waals surface area contributed by atoms with Crippen molar-refractivity contribution in [2.24, 2.45) is 10.9 Å². The van der Waals surface area contributed by atoms with Gasteiger partial charge in [0, 0.05) is 37.6 Å². The van der Waals surface area contributed by atoms with E-state index in [-0.39, 0.29) is 0 Å². The third kappa shape index (κ3) is 2.55. The highest BCUT2D eigenvalue weighted by Gasteiger charge is 2.29. The van der Waals surface area contributed by atoms with Gasteiger partial charge in [-0.25, -0.2) is 0 Å². The first-order valence-corrected chi connectivity index (χ1v) is 6.26. The predicted molar refractivity (Wildman–Crippen MR) is 65.9 cm³/mol. The summed E-state index contributed by atoms with van der Waals surface area (Å²) in [6, 6.07) is 1.22. The molecule has 4 nitrogen and oxygen atoms in total. The molecule has 0 bridgehead atoms. The molecule has 4 heteroatoms. The first kappa shape index (κ1) is 11.9. The minimum Gasteiger partial charge on any atom is -0.484 e. The van der Waals surface area contributed by atoms with E-state index in [9.17, 15) is 0 Å². The number of rotatable bonds is 1. The van der Waals surface area contributed by atoms with Crippen molar-refractivity contribution in [2.45, 2.75) is 32.4 Å². The molecule has 0 amide bonds. The van der Waals surface area contributed by atoms with Crippen molar-refractivity contribution in [3.63, 3.8) is 0 Å². The molecule has 1 N–H and O–H groups in total. The van der Waals surface area contributed by atoms with Gasteiger partial charge in [-0.3, -0.25) is 9.89 Å². The predicted octanol–water partition coefficient (Wildman–Crippen LogP) is 0.733. The lowest BCUT2D eigenvalue weighted by molar-refractivity contribution is 0.132. The number of methoxy groups -OCH3 is 1. The van der Waals surface area contributed by atoms with Crippen molar-refractivity contribution in [3.05, 3.63) is 0 Å². The smallest absolute Gasteiger partial charge is 0.185 e. The van der Waals surface area contributed by atoms with Crippen molar-refractivity contribution in [2.75, 3.05) is 33.3 Å². The first-order chi connectivity index (χ1) is 7.70. The van der Waals surface area contributed by atoms with Gasteiger partial charge in [0.05, 0.1) is 13.7 Å². The van der Waals surface area contributed by atoms with Gasteiger partial charge in [-0.15, -0.1) is 0 Å². The molecule has 2 rings (SSSR count). The van der Waals surface area contributed by atoms with Crippen LogP contribution in [0.1, 0.15) is 20.3 Å². The molecule has 1 fully saturated rings. The summed E-state index contributed by atoms with van der Waals surface area (Å²) in [6.45, 7) is 8.77. The molecule has 2 unspecified atom stereocenters. The van der Waals surface area contributed by atoms with Gasteiger partial charge in [0.2, 0.25) is 0 Å². The molecular formula is C12H23N3O. The van der Waals surface area contributed by atoms with Crippen LogP contribution in [-0.4, -0.2) is 56.2 Å². The summed E-state index contributed by atoms with van der Waals surface area (Å²) < 4.78 is 5.28. The molecule has 0 aromatic carbocycles.